The highest BCUT2D eigenvalue weighted by atomic mass is 16.1. The molecule has 2 fully saturated rings. The van der Waals surface area contributed by atoms with Gasteiger partial charge >= 0.3 is 0 Å². The van der Waals surface area contributed by atoms with Crippen LogP contribution in [0.4, 0.5) is 0 Å². The molecule has 2 aliphatic rings. The third-order valence-electron chi connectivity index (χ3n) is 6.84. The second-order valence-electron chi connectivity index (χ2n) is 8.63. The van der Waals surface area contributed by atoms with Crippen molar-refractivity contribution in [2.24, 2.45) is 5.41 Å². The Morgan fingerprint density at radius 2 is 1.97 bits per heavy atom. The number of nitrogens with zero attached hydrogens (tertiary/aromatic N) is 5. The molecule has 2 aromatic rings. The fourth-order valence-corrected chi connectivity index (χ4v) is 5.10. The summed E-state index contributed by atoms with van der Waals surface area (Å²) in [5.74, 6) is 0.122. The van der Waals surface area contributed by atoms with Crippen molar-refractivity contribution in [3.63, 3.8) is 0 Å². The van der Waals surface area contributed by atoms with Crippen LogP contribution in [-0.4, -0.2) is 56.7 Å². The Morgan fingerprint density at radius 3 is 2.72 bits per heavy atom. The Hall–Kier alpha value is -2.28. The number of piperidine rings is 1. The van der Waals surface area contributed by atoms with Gasteiger partial charge in [-0.25, -0.2) is 4.68 Å². The minimum Gasteiger partial charge on any atom is -0.353 e. The highest BCUT2D eigenvalue weighted by molar-refractivity contribution is 5.76. The maximum Gasteiger partial charge on any atom is 0.222 e. The Kier molecular flexibility index (Phi) is 6.54. The molecule has 1 aromatic heterocycles. The lowest BCUT2D eigenvalue weighted by molar-refractivity contribution is -0.123. The van der Waals surface area contributed by atoms with Gasteiger partial charge in [0.1, 0.15) is 6.33 Å². The van der Waals surface area contributed by atoms with Crippen LogP contribution in [-0.2, 0) is 17.8 Å². The minimum atomic E-state index is 0.122. The third-order valence-corrected chi connectivity index (χ3v) is 6.84. The monoisotopic (exact) mass is 396 g/mol. The fourth-order valence-electron chi connectivity index (χ4n) is 5.10. The number of carbonyl (C=O) groups excluding carboxylic acids is 1. The molecule has 29 heavy (non-hydrogen) atoms. The number of hydrogen-bond acceptors (Lipinski definition) is 5. The van der Waals surface area contributed by atoms with Gasteiger partial charge < -0.3 is 10.2 Å². The van der Waals surface area contributed by atoms with Crippen molar-refractivity contribution < 1.29 is 4.79 Å². The van der Waals surface area contributed by atoms with Crippen LogP contribution in [0.25, 0.3) is 0 Å². The summed E-state index contributed by atoms with van der Waals surface area (Å²) in [6, 6.07) is 11.1. The van der Waals surface area contributed by atoms with Gasteiger partial charge in [-0.2, -0.15) is 0 Å². The number of benzene rings is 1. The van der Waals surface area contributed by atoms with Crippen molar-refractivity contribution in [1.82, 2.24) is 30.4 Å². The average Bonchev–Trinajstić information content (AvgIpc) is 3.40. The largest absolute Gasteiger partial charge is 0.353 e. The summed E-state index contributed by atoms with van der Waals surface area (Å²) in [6.07, 6.45) is 10.4. The predicted octanol–water partition coefficient (Wildman–Crippen LogP) is 2.45. The lowest BCUT2D eigenvalue weighted by atomic mass is 9.74. The first-order valence-corrected chi connectivity index (χ1v) is 11.0. The second-order valence-corrected chi connectivity index (χ2v) is 8.63. The maximum atomic E-state index is 12.5. The van der Waals surface area contributed by atoms with Crippen LogP contribution in [0.15, 0.2) is 36.7 Å². The molecule has 1 atom stereocenters. The molecule has 1 aliphatic heterocycles. The van der Waals surface area contributed by atoms with E-state index < -0.39 is 0 Å². The number of nitrogens with one attached hydrogen (secondary N) is 1. The summed E-state index contributed by atoms with van der Waals surface area (Å²) in [5.41, 5.74) is 1.74. The molecule has 1 saturated carbocycles. The van der Waals surface area contributed by atoms with E-state index in [0.717, 1.165) is 25.9 Å². The number of rotatable bonds is 8. The van der Waals surface area contributed by atoms with E-state index in [4.69, 9.17) is 0 Å². The van der Waals surface area contributed by atoms with Crippen LogP contribution in [0.3, 0.4) is 0 Å². The van der Waals surface area contributed by atoms with Crippen molar-refractivity contribution in [2.45, 2.75) is 64.0 Å². The maximum absolute atomic E-state index is 12.5. The number of aryl methyl sites for hydroxylation is 2. The first kappa shape index (κ1) is 20.0. The fraction of sp³-hybridized carbons (Fsp3) is 0.636. The van der Waals surface area contributed by atoms with E-state index in [0.29, 0.717) is 24.4 Å². The molecule has 1 unspecified atom stereocenters. The smallest absolute Gasteiger partial charge is 0.222 e. The molecule has 1 aliphatic carbocycles. The summed E-state index contributed by atoms with van der Waals surface area (Å²) in [6.45, 7) is 4.03. The van der Waals surface area contributed by atoms with E-state index in [1.54, 1.807) is 11.0 Å². The molecular formula is C22H32N6O. The number of hydrogen-bond donors (Lipinski definition) is 1. The Bertz CT molecular complexity index is 755. The van der Waals surface area contributed by atoms with Crippen LogP contribution in [0, 0.1) is 5.41 Å². The zero-order valence-electron chi connectivity index (χ0n) is 17.2. The van der Waals surface area contributed by atoms with Crippen molar-refractivity contribution in [1.29, 1.82) is 0 Å². The van der Waals surface area contributed by atoms with Crippen molar-refractivity contribution in [3.05, 3.63) is 42.2 Å². The molecule has 2 heterocycles. The zero-order valence-corrected chi connectivity index (χ0v) is 17.2. The van der Waals surface area contributed by atoms with E-state index in [2.05, 4.69) is 56.1 Å². The van der Waals surface area contributed by atoms with E-state index in [1.807, 2.05) is 0 Å². The molecule has 1 aromatic carbocycles. The standard InChI is InChI=1S/C22H32N6O/c29-21(10-15-28-18-23-25-26-28)24-20-9-4-11-22(20)12-16-27(17-13-22)14-5-8-19-6-2-1-3-7-19/h1-3,6-7,18,20H,4-5,8-17H2,(H,24,29). The van der Waals surface area contributed by atoms with Crippen molar-refractivity contribution in [3.8, 4) is 0 Å². The normalized spacial score (nSPS) is 21.4. The van der Waals surface area contributed by atoms with Crippen LogP contribution >= 0.6 is 0 Å². The summed E-state index contributed by atoms with van der Waals surface area (Å²) >= 11 is 0. The molecule has 1 N–H and O–H groups in total. The number of likely N-dealkylation sites (tertiary alicyclic amines) is 1. The van der Waals surface area contributed by atoms with Crippen LogP contribution in [0.5, 0.6) is 0 Å². The average molecular weight is 397 g/mol. The molecule has 7 nitrogen and oxygen atoms in total. The molecule has 1 saturated heterocycles. The van der Waals surface area contributed by atoms with Crippen molar-refractivity contribution in [2.75, 3.05) is 19.6 Å². The first-order chi connectivity index (χ1) is 14.2. The summed E-state index contributed by atoms with van der Waals surface area (Å²) < 4.78 is 1.61. The van der Waals surface area contributed by atoms with E-state index >= 15 is 0 Å². The number of aromatic nitrogens is 4. The summed E-state index contributed by atoms with van der Waals surface area (Å²) in [5, 5.41) is 14.4. The quantitative estimate of drug-likeness (QED) is 0.742. The molecule has 7 heteroatoms. The lowest BCUT2D eigenvalue weighted by Gasteiger charge is -2.43. The first-order valence-electron chi connectivity index (χ1n) is 11.0. The molecule has 4 rings (SSSR count). The van der Waals surface area contributed by atoms with Gasteiger partial charge in [0.25, 0.3) is 0 Å². The van der Waals surface area contributed by atoms with Crippen LogP contribution < -0.4 is 5.32 Å². The minimum absolute atomic E-state index is 0.122. The highest BCUT2D eigenvalue weighted by Crippen LogP contribution is 2.46. The van der Waals surface area contributed by atoms with Gasteiger partial charge in [-0.3, -0.25) is 4.79 Å². The predicted molar refractivity (Wildman–Crippen MR) is 111 cm³/mol. The van der Waals surface area contributed by atoms with Gasteiger partial charge in [-0.15, -0.1) is 5.10 Å². The van der Waals surface area contributed by atoms with Gasteiger partial charge in [-0.1, -0.05) is 36.8 Å². The van der Waals surface area contributed by atoms with Gasteiger partial charge in [0.2, 0.25) is 5.91 Å². The number of carbonyl (C=O) groups is 1. The molecule has 0 radical (unpaired) electrons. The third kappa shape index (κ3) is 5.21. The number of amides is 1. The Balaban J connectivity index is 1.20. The summed E-state index contributed by atoms with van der Waals surface area (Å²) in [7, 11) is 0. The van der Waals surface area contributed by atoms with Crippen LogP contribution in [0.1, 0.15) is 50.5 Å². The van der Waals surface area contributed by atoms with Gasteiger partial charge in [0.05, 0.1) is 6.54 Å². The van der Waals surface area contributed by atoms with Crippen LogP contribution in [0.2, 0.25) is 0 Å². The molecule has 0 bridgehead atoms. The Morgan fingerprint density at radius 1 is 1.14 bits per heavy atom. The lowest BCUT2D eigenvalue weighted by Crippen LogP contribution is -2.50. The van der Waals surface area contributed by atoms with E-state index in [1.165, 1.54) is 44.2 Å². The zero-order chi connectivity index (χ0) is 19.9. The topological polar surface area (TPSA) is 75.9 Å². The summed E-state index contributed by atoms with van der Waals surface area (Å²) in [4.78, 5) is 15.1. The van der Waals surface area contributed by atoms with Crippen molar-refractivity contribution >= 4 is 5.91 Å². The molecule has 1 amide bonds. The molecule has 1 spiro atoms. The second kappa shape index (κ2) is 9.48. The van der Waals surface area contributed by atoms with Gasteiger partial charge in [0.15, 0.2) is 0 Å². The highest BCUT2D eigenvalue weighted by Gasteiger charge is 2.45. The molecular weight excluding hydrogens is 364 g/mol. The van der Waals surface area contributed by atoms with E-state index in [9.17, 15) is 4.79 Å². The van der Waals surface area contributed by atoms with E-state index in [-0.39, 0.29) is 5.91 Å². The Labute approximate surface area is 172 Å². The SMILES string of the molecule is O=C(CCn1cnnn1)NC1CCCC12CCN(CCCc1ccccc1)CC2. The number of tetrazole rings is 1. The van der Waals surface area contributed by atoms with Gasteiger partial charge in [-0.05, 0) is 79.6 Å². The molecule has 156 valence electrons. The van der Waals surface area contributed by atoms with Gasteiger partial charge in [0, 0.05) is 12.5 Å².